The molecule has 1 heterocycles. The van der Waals surface area contributed by atoms with Gasteiger partial charge in [-0.15, -0.1) is 0 Å². The third kappa shape index (κ3) is 3.02. The molecular weight excluding hydrogens is 282 g/mol. The zero-order valence-corrected chi connectivity index (χ0v) is 10.5. The fraction of sp³-hybridized carbons (Fsp3) is 0.625. The first-order valence-electron chi connectivity index (χ1n) is 4.74. The van der Waals surface area contributed by atoms with Crippen molar-refractivity contribution in [1.82, 2.24) is 14.5 Å². The van der Waals surface area contributed by atoms with E-state index in [1.165, 1.54) is 0 Å². The summed E-state index contributed by atoms with van der Waals surface area (Å²) in [7, 11) is -3.05. The molecule has 1 fully saturated rings. The Kier molecular flexibility index (Phi) is 3.13. The van der Waals surface area contributed by atoms with Gasteiger partial charge in [-0.1, -0.05) is 0 Å². The molecule has 1 aromatic heterocycles. The van der Waals surface area contributed by atoms with Gasteiger partial charge in [0, 0.05) is 12.7 Å². The number of nitrogens with zero attached hydrogens (tertiary/aromatic N) is 2. The predicted octanol–water partition coefficient (Wildman–Crippen LogP) is 0.727. The van der Waals surface area contributed by atoms with Crippen LogP contribution < -0.4 is 4.72 Å². The minimum Gasteiger partial charge on any atom is -0.270 e. The second-order valence-electron chi connectivity index (χ2n) is 3.56. The van der Waals surface area contributed by atoms with E-state index in [1.54, 1.807) is 10.9 Å². The molecule has 0 aliphatic heterocycles. The molecule has 1 N–H and O–H groups in total. The summed E-state index contributed by atoms with van der Waals surface area (Å²) in [4.78, 5) is 0. The Morgan fingerprint density at radius 1 is 1.60 bits per heavy atom. The molecule has 1 aromatic rings. The van der Waals surface area contributed by atoms with Gasteiger partial charge in [-0.05, 0) is 28.8 Å². The molecule has 5 nitrogen and oxygen atoms in total. The van der Waals surface area contributed by atoms with Crippen LogP contribution in [0, 0.1) is 0 Å². The van der Waals surface area contributed by atoms with Gasteiger partial charge >= 0.3 is 0 Å². The summed E-state index contributed by atoms with van der Waals surface area (Å²) in [6.07, 6.45) is 5.08. The Bertz CT molecular complexity index is 438. The molecule has 2 rings (SSSR count). The third-order valence-corrected chi connectivity index (χ3v) is 4.57. The summed E-state index contributed by atoms with van der Waals surface area (Å²) in [6, 6.07) is 0. The summed E-state index contributed by atoms with van der Waals surface area (Å²) in [5, 5.41) is 3.88. The first kappa shape index (κ1) is 11.1. The minimum atomic E-state index is -3.05. The first-order valence-corrected chi connectivity index (χ1v) is 7.08. The molecule has 0 unspecified atom stereocenters. The number of halogens is 1. The van der Waals surface area contributed by atoms with Crippen LogP contribution in [-0.4, -0.2) is 30.0 Å². The maximum atomic E-state index is 11.4. The van der Waals surface area contributed by atoms with Crippen molar-refractivity contribution in [3.8, 4) is 0 Å². The predicted molar refractivity (Wildman–Crippen MR) is 59.9 cm³/mol. The second-order valence-corrected chi connectivity index (χ2v) is 6.52. The maximum Gasteiger partial charge on any atom is 0.214 e. The molecule has 1 aliphatic carbocycles. The lowest BCUT2D eigenvalue weighted by Crippen LogP contribution is -2.30. The maximum absolute atomic E-state index is 11.4. The number of sulfonamides is 1. The third-order valence-electron chi connectivity index (χ3n) is 2.21. The van der Waals surface area contributed by atoms with E-state index >= 15 is 0 Å². The topological polar surface area (TPSA) is 64.0 Å². The highest BCUT2D eigenvalue weighted by atomic mass is 79.9. The van der Waals surface area contributed by atoms with E-state index in [9.17, 15) is 8.42 Å². The van der Waals surface area contributed by atoms with Gasteiger partial charge in [-0.3, -0.25) is 4.68 Å². The van der Waals surface area contributed by atoms with Gasteiger partial charge in [0.05, 0.1) is 22.5 Å². The second kappa shape index (κ2) is 4.23. The number of hydrogen-bond acceptors (Lipinski definition) is 3. The standard InChI is InChI=1S/C8H12BrN3O2S/c9-7-5-10-12(6-7)4-3-11-15(13,14)8-1-2-8/h5-6,8,11H,1-4H2. The number of aromatic nitrogens is 2. The smallest absolute Gasteiger partial charge is 0.214 e. The molecule has 7 heteroatoms. The molecule has 0 bridgehead atoms. The van der Waals surface area contributed by atoms with E-state index < -0.39 is 10.0 Å². The summed E-state index contributed by atoms with van der Waals surface area (Å²) < 4.78 is 28.0. The first-order chi connectivity index (χ1) is 7.08. The van der Waals surface area contributed by atoms with Crippen molar-refractivity contribution in [3.63, 3.8) is 0 Å². The lowest BCUT2D eigenvalue weighted by atomic mass is 10.6. The zero-order chi connectivity index (χ0) is 10.9. The van der Waals surface area contributed by atoms with Gasteiger partial charge in [0.2, 0.25) is 10.0 Å². The Morgan fingerprint density at radius 2 is 2.33 bits per heavy atom. The lowest BCUT2D eigenvalue weighted by Gasteiger charge is -2.04. The molecule has 15 heavy (non-hydrogen) atoms. The average molecular weight is 294 g/mol. The quantitative estimate of drug-likeness (QED) is 0.870. The van der Waals surface area contributed by atoms with Crippen LogP contribution in [0.3, 0.4) is 0 Å². The van der Waals surface area contributed by atoms with Gasteiger partial charge in [0.15, 0.2) is 0 Å². The van der Waals surface area contributed by atoms with Crippen molar-refractivity contribution in [2.75, 3.05) is 6.54 Å². The number of hydrogen-bond donors (Lipinski definition) is 1. The fourth-order valence-electron chi connectivity index (χ4n) is 1.26. The van der Waals surface area contributed by atoms with Crippen molar-refractivity contribution in [2.24, 2.45) is 0 Å². The van der Waals surface area contributed by atoms with Crippen molar-refractivity contribution >= 4 is 26.0 Å². The van der Waals surface area contributed by atoms with E-state index in [4.69, 9.17) is 0 Å². The molecule has 84 valence electrons. The van der Waals surface area contributed by atoms with Crippen LogP contribution in [0.5, 0.6) is 0 Å². The van der Waals surface area contributed by atoms with Gasteiger partial charge in [-0.2, -0.15) is 5.10 Å². The van der Waals surface area contributed by atoms with Crippen LogP contribution in [0.4, 0.5) is 0 Å². The van der Waals surface area contributed by atoms with Crippen molar-refractivity contribution in [2.45, 2.75) is 24.6 Å². The monoisotopic (exact) mass is 293 g/mol. The highest BCUT2D eigenvalue weighted by Gasteiger charge is 2.35. The van der Waals surface area contributed by atoms with Crippen molar-refractivity contribution < 1.29 is 8.42 Å². The Morgan fingerprint density at radius 3 is 2.87 bits per heavy atom. The largest absolute Gasteiger partial charge is 0.270 e. The van der Waals surface area contributed by atoms with Gasteiger partial charge in [0.1, 0.15) is 0 Å². The summed E-state index contributed by atoms with van der Waals surface area (Å²) >= 11 is 3.27. The van der Waals surface area contributed by atoms with Gasteiger partial charge in [-0.25, -0.2) is 13.1 Å². The van der Waals surface area contributed by atoms with Gasteiger partial charge in [0.25, 0.3) is 0 Å². The SMILES string of the molecule is O=S(=O)(NCCn1cc(Br)cn1)C1CC1. The minimum absolute atomic E-state index is 0.151. The van der Waals surface area contributed by atoms with Crippen molar-refractivity contribution in [3.05, 3.63) is 16.9 Å². The molecule has 1 saturated carbocycles. The highest BCUT2D eigenvalue weighted by Crippen LogP contribution is 2.27. The summed E-state index contributed by atoms with van der Waals surface area (Å²) in [6.45, 7) is 0.949. The zero-order valence-electron chi connectivity index (χ0n) is 8.06. The lowest BCUT2D eigenvalue weighted by molar-refractivity contribution is 0.559. The Hall–Kier alpha value is -0.400. The molecule has 0 radical (unpaired) electrons. The van der Waals surface area contributed by atoms with Crippen LogP contribution in [0.25, 0.3) is 0 Å². The Balaban J connectivity index is 1.79. The van der Waals surface area contributed by atoms with Crippen LogP contribution in [-0.2, 0) is 16.6 Å². The summed E-state index contributed by atoms with van der Waals surface area (Å²) in [5.74, 6) is 0. The summed E-state index contributed by atoms with van der Waals surface area (Å²) in [5.41, 5.74) is 0. The molecule has 0 saturated heterocycles. The van der Waals surface area contributed by atoms with E-state index in [-0.39, 0.29) is 5.25 Å². The van der Waals surface area contributed by atoms with Crippen molar-refractivity contribution in [1.29, 1.82) is 0 Å². The van der Waals surface area contributed by atoms with Crippen LogP contribution >= 0.6 is 15.9 Å². The molecule has 0 aromatic carbocycles. The molecule has 1 aliphatic rings. The van der Waals surface area contributed by atoms with E-state index in [1.807, 2.05) is 6.20 Å². The average Bonchev–Trinajstić information content (AvgIpc) is 2.92. The molecule has 0 amide bonds. The van der Waals surface area contributed by atoms with Crippen LogP contribution in [0.1, 0.15) is 12.8 Å². The van der Waals surface area contributed by atoms with E-state index in [2.05, 4.69) is 25.8 Å². The fourth-order valence-corrected chi connectivity index (χ4v) is 2.96. The van der Waals surface area contributed by atoms with E-state index in [0.29, 0.717) is 13.1 Å². The Labute approximate surface area is 97.0 Å². The molecular formula is C8H12BrN3O2S. The van der Waals surface area contributed by atoms with Crippen LogP contribution in [0.15, 0.2) is 16.9 Å². The molecule has 0 atom stereocenters. The normalized spacial score (nSPS) is 16.9. The van der Waals surface area contributed by atoms with E-state index in [0.717, 1.165) is 17.3 Å². The molecule has 0 spiro atoms. The number of rotatable bonds is 5. The number of nitrogens with one attached hydrogen (secondary N) is 1. The highest BCUT2D eigenvalue weighted by molar-refractivity contribution is 9.10. The van der Waals surface area contributed by atoms with Crippen LogP contribution in [0.2, 0.25) is 0 Å². The van der Waals surface area contributed by atoms with Gasteiger partial charge < -0.3 is 0 Å².